The highest BCUT2D eigenvalue weighted by atomic mass is 79.9. The lowest BCUT2D eigenvalue weighted by atomic mass is 10.1. The molecule has 3 nitrogen and oxygen atoms in total. The van der Waals surface area contributed by atoms with E-state index in [-0.39, 0.29) is 18.1 Å². The third kappa shape index (κ3) is 2.19. The highest BCUT2D eigenvalue weighted by Gasteiger charge is 2.36. The van der Waals surface area contributed by atoms with Gasteiger partial charge in [-0.2, -0.15) is 0 Å². The van der Waals surface area contributed by atoms with Crippen LogP contribution in [0.2, 0.25) is 0 Å². The van der Waals surface area contributed by atoms with E-state index in [1.54, 1.807) is 0 Å². The first-order chi connectivity index (χ1) is 8.63. The molecule has 18 heavy (non-hydrogen) atoms. The van der Waals surface area contributed by atoms with Gasteiger partial charge < -0.3 is 9.64 Å². The Bertz CT molecular complexity index is 477. The third-order valence-electron chi connectivity index (χ3n) is 3.69. The molecule has 0 spiro atoms. The fourth-order valence-corrected chi connectivity index (χ4v) is 3.41. The second-order valence-electron chi connectivity index (χ2n) is 5.15. The first-order valence-corrected chi connectivity index (χ1v) is 7.13. The van der Waals surface area contributed by atoms with E-state index < -0.39 is 0 Å². The van der Waals surface area contributed by atoms with E-state index >= 15 is 0 Å². The van der Waals surface area contributed by atoms with Gasteiger partial charge in [0.25, 0.3) is 5.91 Å². The second-order valence-corrected chi connectivity index (χ2v) is 6.01. The first kappa shape index (κ1) is 12.2. The van der Waals surface area contributed by atoms with Crippen molar-refractivity contribution < 1.29 is 9.53 Å². The van der Waals surface area contributed by atoms with Gasteiger partial charge in [-0.15, -0.1) is 0 Å². The number of amides is 1. The van der Waals surface area contributed by atoms with Crippen LogP contribution < -0.4 is 0 Å². The molecule has 2 bridgehead atoms. The van der Waals surface area contributed by atoms with Gasteiger partial charge in [0, 0.05) is 17.6 Å². The van der Waals surface area contributed by atoms with Gasteiger partial charge in [0.15, 0.2) is 0 Å². The lowest BCUT2D eigenvalue weighted by Gasteiger charge is -2.32. The van der Waals surface area contributed by atoms with Crippen molar-refractivity contribution in [3.63, 3.8) is 0 Å². The maximum Gasteiger partial charge on any atom is 0.255 e. The maximum absolute atomic E-state index is 12.5. The molecule has 2 unspecified atom stereocenters. The lowest BCUT2D eigenvalue weighted by molar-refractivity contribution is -0.0303. The summed E-state index contributed by atoms with van der Waals surface area (Å²) in [5.41, 5.74) is 1.90. The summed E-state index contributed by atoms with van der Waals surface area (Å²) in [6.07, 6.45) is 2.67. The highest BCUT2D eigenvalue weighted by molar-refractivity contribution is 9.10. The highest BCUT2D eigenvalue weighted by Crippen LogP contribution is 2.28. The second kappa shape index (κ2) is 4.67. The molecule has 1 aromatic rings. The Hall–Kier alpha value is -0.870. The largest absolute Gasteiger partial charge is 0.371 e. The number of fused-ring (bicyclic) bond motifs is 2. The summed E-state index contributed by atoms with van der Waals surface area (Å²) >= 11 is 3.48. The lowest BCUT2D eigenvalue weighted by Crippen LogP contribution is -2.45. The molecule has 2 aliphatic rings. The zero-order valence-corrected chi connectivity index (χ0v) is 11.9. The Balaban J connectivity index is 1.82. The number of halogens is 1. The molecule has 96 valence electrons. The number of rotatable bonds is 1. The summed E-state index contributed by atoms with van der Waals surface area (Å²) in [7, 11) is 0. The number of hydrogen-bond acceptors (Lipinski definition) is 2. The number of hydrogen-bond donors (Lipinski definition) is 0. The molecule has 0 aromatic heterocycles. The summed E-state index contributed by atoms with van der Waals surface area (Å²) in [5, 5.41) is 0. The van der Waals surface area contributed by atoms with E-state index in [2.05, 4.69) is 15.9 Å². The number of likely N-dealkylation sites (tertiary alicyclic amines) is 1. The van der Waals surface area contributed by atoms with Crippen molar-refractivity contribution in [1.82, 2.24) is 4.90 Å². The van der Waals surface area contributed by atoms with Crippen LogP contribution in [0, 0.1) is 6.92 Å². The van der Waals surface area contributed by atoms with Crippen molar-refractivity contribution in [2.24, 2.45) is 0 Å². The number of morpholine rings is 1. The van der Waals surface area contributed by atoms with Gasteiger partial charge in [0.1, 0.15) is 0 Å². The average Bonchev–Trinajstić information content (AvgIpc) is 2.67. The molecule has 2 heterocycles. The first-order valence-electron chi connectivity index (χ1n) is 6.34. The van der Waals surface area contributed by atoms with Gasteiger partial charge in [0.2, 0.25) is 0 Å². The van der Waals surface area contributed by atoms with Gasteiger partial charge in [-0.1, -0.05) is 6.07 Å². The van der Waals surface area contributed by atoms with Crippen LogP contribution in [-0.2, 0) is 4.74 Å². The minimum Gasteiger partial charge on any atom is -0.371 e. The summed E-state index contributed by atoms with van der Waals surface area (Å²) in [6.45, 7) is 3.49. The Labute approximate surface area is 115 Å². The van der Waals surface area contributed by atoms with Gasteiger partial charge in [-0.3, -0.25) is 4.79 Å². The smallest absolute Gasteiger partial charge is 0.255 e. The molecule has 0 aliphatic carbocycles. The number of nitrogens with zero attached hydrogens (tertiary/aromatic N) is 1. The van der Waals surface area contributed by atoms with Crippen LogP contribution in [0.25, 0.3) is 0 Å². The quantitative estimate of drug-likeness (QED) is 0.798. The van der Waals surface area contributed by atoms with Crippen LogP contribution >= 0.6 is 15.9 Å². The number of carbonyl (C=O) groups excluding carboxylic acids is 1. The number of benzene rings is 1. The summed E-state index contributed by atoms with van der Waals surface area (Å²) in [4.78, 5) is 14.4. The van der Waals surface area contributed by atoms with Crippen molar-refractivity contribution in [2.45, 2.75) is 32.0 Å². The van der Waals surface area contributed by atoms with Crippen LogP contribution in [0.15, 0.2) is 22.7 Å². The summed E-state index contributed by atoms with van der Waals surface area (Å²) in [6, 6.07) is 5.87. The Morgan fingerprint density at radius 3 is 2.61 bits per heavy atom. The predicted octanol–water partition coefficient (Wildman–Crippen LogP) is 2.76. The van der Waals surface area contributed by atoms with Gasteiger partial charge in [-0.05, 0) is 53.4 Å². The molecule has 1 aromatic carbocycles. The monoisotopic (exact) mass is 309 g/mol. The Kier molecular flexibility index (Phi) is 3.16. The number of aryl methyl sites for hydroxylation is 1. The van der Waals surface area contributed by atoms with Crippen LogP contribution in [0.3, 0.4) is 0 Å². The zero-order chi connectivity index (χ0) is 12.7. The molecule has 3 rings (SSSR count). The minimum atomic E-state index is 0.113. The number of carbonyl (C=O) groups is 1. The van der Waals surface area contributed by atoms with Crippen molar-refractivity contribution in [3.05, 3.63) is 33.8 Å². The van der Waals surface area contributed by atoms with Crippen LogP contribution in [0.4, 0.5) is 0 Å². The third-order valence-corrected chi connectivity index (χ3v) is 4.34. The van der Waals surface area contributed by atoms with E-state index in [4.69, 9.17) is 4.74 Å². The van der Waals surface area contributed by atoms with E-state index in [9.17, 15) is 4.79 Å². The fourth-order valence-electron chi connectivity index (χ4n) is 2.74. The van der Waals surface area contributed by atoms with E-state index in [0.717, 1.165) is 41.5 Å². The van der Waals surface area contributed by atoms with Crippen LogP contribution in [-0.4, -0.2) is 36.1 Å². The zero-order valence-electron chi connectivity index (χ0n) is 10.4. The molecule has 2 aliphatic heterocycles. The molecule has 0 N–H and O–H groups in total. The molecule has 4 heteroatoms. The maximum atomic E-state index is 12.5. The molecule has 2 fully saturated rings. The normalized spacial score (nSPS) is 26.4. The van der Waals surface area contributed by atoms with Crippen LogP contribution in [0.1, 0.15) is 28.8 Å². The minimum absolute atomic E-state index is 0.113. The molecule has 1 amide bonds. The number of ether oxygens (including phenoxy) is 1. The van der Waals surface area contributed by atoms with E-state index in [1.165, 1.54) is 0 Å². The van der Waals surface area contributed by atoms with Gasteiger partial charge in [0.05, 0.1) is 17.8 Å². The molecule has 2 saturated heterocycles. The Morgan fingerprint density at radius 2 is 2.00 bits per heavy atom. The van der Waals surface area contributed by atoms with Crippen molar-refractivity contribution in [1.29, 1.82) is 0 Å². The van der Waals surface area contributed by atoms with Crippen LogP contribution in [0.5, 0.6) is 0 Å². The summed E-state index contributed by atoms with van der Waals surface area (Å²) in [5.74, 6) is 0.113. The summed E-state index contributed by atoms with van der Waals surface area (Å²) < 4.78 is 6.64. The van der Waals surface area contributed by atoms with Gasteiger partial charge >= 0.3 is 0 Å². The van der Waals surface area contributed by atoms with Gasteiger partial charge in [-0.25, -0.2) is 0 Å². The Morgan fingerprint density at radius 1 is 1.33 bits per heavy atom. The predicted molar refractivity (Wildman–Crippen MR) is 72.7 cm³/mol. The molecule has 0 saturated carbocycles. The van der Waals surface area contributed by atoms with Crippen molar-refractivity contribution in [2.75, 3.05) is 13.1 Å². The van der Waals surface area contributed by atoms with Crippen molar-refractivity contribution >= 4 is 21.8 Å². The van der Waals surface area contributed by atoms with E-state index in [1.807, 2.05) is 30.0 Å². The molecular formula is C14H16BrNO2. The topological polar surface area (TPSA) is 29.5 Å². The van der Waals surface area contributed by atoms with Crippen molar-refractivity contribution in [3.8, 4) is 0 Å². The molecule has 0 radical (unpaired) electrons. The fraction of sp³-hybridized carbons (Fsp3) is 0.500. The molecule has 2 atom stereocenters. The standard InChI is InChI=1S/C14H16BrNO2/c1-9-2-5-12(13(15)6-9)14(17)16-7-10-3-4-11(8-16)18-10/h2,5-6,10-11H,3-4,7-8H2,1H3. The molecular weight excluding hydrogens is 294 g/mol. The van der Waals surface area contributed by atoms with E-state index in [0.29, 0.717) is 0 Å². The SMILES string of the molecule is Cc1ccc(C(=O)N2CC3CCC(C2)O3)c(Br)c1. The average molecular weight is 310 g/mol.